The van der Waals surface area contributed by atoms with Gasteiger partial charge < -0.3 is 11.5 Å². The third-order valence-electron chi connectivity index (χ3n) is 4.61. The molecule has 2 heteroatoms. The predicted octanol–water partition coefficient (Wildman–Crippen LogP) is 5.85. The van der Waals surface area contributed by atoms with Crippen LogP contribution < -0.4 is 11.5 Å². The summed E-state index contributed by atoms with van der Waals surface area (Å²) in [6, 6.07) is 32.7. The van der Waals surface area contributed by atoms with Crippen molar-refractivity contribution < 1.29 is 0 Å². The number of benzene rings is 4. The summed E-state index contributed by atoms with van der Waals surface area (Å²) >= 11 is 0. The van der Waals surface area contributed by atoms with Crippen molar-refractivity contribution in [3.63, 3.8) is 0 Å². The Morgan fingerprint density at radius 3 is 1.42 bits per heavy atom. The van der Waals surface area contributed by atoms with Gasteiger partial charge in [0.25, 0.3) is 0 Å². The van der Waals surface area contributed by atoms with Gasteiger partial charge in [0.2, 0.25) is 0 Å². The molecule has 0 aliphatic carbocycles. The van der Waals surface area contributed by atoms with Crippen LogP contribution in [0.5, 0.6) is 0 Å². The maximum absolute atomic E-state index is 6.35. The van der Waals surface area contributed by atoms with Gasteiger partial charge in [-0.3, -0.25) is 0 Å². The average molecular weight is 336 g/mol. The summed E-state index contributed by atoms with van der Waals surface area (Å²) in [5.41, 5.74) is 20.6. The highest BCUT2D eigenvalue weighted by molar-refractivity contribution is 5.86. The first-order valence-electron chi connectivity index (χ1n) is 8.62. The fourth-order valence-corrected chi connectivity index (χ4v) is 3.25. The number of nitrogens with two attached hydrogens (primary N) is 2. The Labute approximate surface area is 153 Å². The molecule has 4 N–H and O–H groups in total. The minimum atomic E-state index is 0.748. The van der Waals surface area contributed by atoms with Crippen molar-refractivity contribution in [3.05, 3.63) is 97.1 Å². The Balaban J connectivity index is 1.71. The molecule has 0 bridgehead atoms. The van der Waals surface area contributed by atoms with E-state index in [1.165, 1.54) is 0 Å². The first-order chi connectivity index (χ1) is 12.7. The van der Waals surface area contributed by atoms with Gasteiger partial charge in [0.1, 0.15) is 0 Å². The van der Waals surface area contributed by atoms with E-state index < -0.39 is 0 Å². The van der Waals surface area contributed by atoms with Crippen LogP contribution in [0.25, 0.3) is 33.4 Å². The summed E-state index contributed by atoms with van der Waals surface area (Å²) in [7, 11) is 0. The van der Waals surface area contributed by atoms with Crippen molar-refractivity contribution in [3.8, 4) is 33.4 Å². The summed E-state index contributed by atoms with van der Waals surface area (Å²) in [6.45, 7) is 0. The minimum Gasteiger partial charge on any atom is -0.398 e. The van der Waals surface area contributed by atoms with Gasteiger partial charge in [0.05, 0.1) is 0 Å². The second-order valence-corrected chi connectivity index (χ2v) is 6.34. The van der Waals surface area contributed by atoms with Gasteiger partial charge >= 0.3 is 0 Å². The highest BCUT2D eigenvalue weighted by atomic mass is 14.6. The van der Waals surface area contributed by atoms with Gasteiger partial charge in [0.15, 0.2) is 0 Å². The van der Waals surface area contributed by atoms with Crippen LogP contribution in [0, 0.1) is 0 Å². The standard InChI is InChI=1S/C24H20N2/c25-23-15-19(17-7-3-1-4-8-17)11-13-22(23)20-12-14-21(24(26)16-20)18-9-5-2-6-10-18/h1-16H,25-26H2. The minimum absolute atomic E-state index is 0.748. The fourth-order valence-electron chi connectivity index (χ4n) is 3.25. The lowest BCUT2D eigenvalue weighted by Gasteiger charge is -2.12. The lowest BCUT2D eigenvalue weighted by atomic mass is 9.95. The number of anilines is 2. The Kier molecular flexibility index (Phi) is 4.16. The molecule has 2 nitrogen and oxygen atoms in total. The Morgan fingerprint density at radius 2 is 0.846 bits per heavy atom. The van der Waals surface area contributed by atoms with E-state index in [1.54, 1.807) is 0 Å². The molecule has 0 aliphatic rings. The molecule has 0 saturated carbocycles. The van der Waals surface area contributed by atoms with E-state index in [0.29, 0.717) is 0 Å². The van der Waals surface area contributed by atoms with Crippen molar-refractivity contribution in [2.45, 2.75) is 0 Å². The smallest absolute Gasteiger partial charge is 0.0399 e. The van der Waals surface area contributed by atoms with E-state index in [2.05, 4.69) is 48.5 Å². The lowest BCUT2D eigenvalue weighted by Crippen LogP contribution is -1.94. The van der Waals surface area contributed by atoms with Gasteiger partial charge in [0, 0.05) is 22.5 Å². The number of rotatable bonds is 3. The molecule has 0 unspecified atom stereocenters. The molecular weight excluding hydrogens is 316 g/mol. The summed E-state index contributed by atoms with van der Waals surface area (Å²) in [6.07, 6.45) is 0. The maximum atomic E-state index is 6.35. The first kappa shape index (κ1) is 16.0. The van der Waals surface area contributed by atoms with Crippen LogP contribution in [0.2, 0.25) is 0 Å². The number of nitrogen functional groups attached to an aromatic ring is 2. The van der Waals surface area contributed by atoms with Crippen molar-refractivity contribution in [1.29, 1.82) is 0 Å². The third-order valence-corrected chi connectivity index (χ3v) is 4.61. The van der Waals surface area contributed by atoms with Crippen LogP contribution in [0.15, 0.2) is 97.1 Å². The second kappa shape index (κ2) is 6.77. The molecule has 0 aromatic heterocycles. The van der Waals surface area contributed by atoms with Gasteiger partial charge in [-0.25, -0.2) is 0 Å². The van der Waals surface area contributed by atoms with Crippen molar-refractivity contribution in [2.24, 2.45) is 0 Å². The van der Waals surface area contributed by atoms with Crippen LogP contribution >= 0.6 is 0 Å². The maximum Gasteiger partial charge on any atom is 0.0399 e. The van der Waals surface area contributed by atoms with Crippen LogP contribution in [-0.2, 0) is 0 Å². The molecule has 0 saturated heterocycles. The van der Waals surface area contributed by atoms with Gasteiger partial charge in [-0.1, -0.05) is 84.9 Å². The lowest BCUT2D eigenvalue weighted by molar-refractivity contribution is 1.57. The van der Waals surface area contributed by atoms with E-state index in [4.69, 9.17) is 11.5 Å². The van der Waals surface area contributed by atoms with Crippen LogP contribution in [0.3, 0.4) is 0 Å². The molecule has 126 valence electrons. The zero-order valence-corrected chi connectivity index (χ0v) is 14.4. The highest BCUT2D eigenvalue weighted by Crippen LogP contribution is 2.34. The third kappa shape index (κ3) is 3.05. The molecule has 0 fully saturated rings. The molecule has 0 amide bonds. The van der Waals surface area contributed by atoms with Gasteiger partial charge in [-0.2, -0.15) is 0 Å². The molecule has 0 spiro atoms. The Bertz CT molecular complexity index is 1040. The van der Waals surface area contributed by atoms with Gasteiger partial charge in [-0.05, 0) is 34.4 Å². The Hall–Kier alpha value is -3.52. The van der Waals surface area contributed by atoms with E-state index in [1.807, 2.05) is 48.5 Å². The van der Waals surface area contributed by atoms with E-state index in [-0.39, 0.29) is 0 Å². The molecule has 0 heterocycles. The molecule has 26 heavy (non-hydrogen) atoms. The molecule has 4 aromatic rings. The fraction of sp³-hybridized carbons (Fsp3) is 0. The molecule has 4 aromatic carbocycles. The second-order valence-electron chi connectivity index (χ2n) is 6.34. The summed E-state index contributed by atoms with van der Waals surface area (Å²) in [4.78, 5) is 0. The number of hydrogen-bond donors (Lipinski definition) is 2. The number of hydrogen-bond acceptors (Lipinski definition) is 2. The molecular formula is C24H20N2. The summed E-state index contributed by atoms with van der Waals surface area (Å²) in [5, 5.41) is 0. The van der Waals surface area contributed by atoms with E-state index in [0.717, 1.165) is 44.8 Å². The monoisotopic (exact) mass is 336 g/mol. The quantitative estimate of drug-likeness (QED) is 0.461. The van der Waals surface area contributed by atoms with Crippen LogP contribution in [0.1, 0.15) is 0 Å². The van der Waals surface area contributed by atoms with E-state index in [9.17, 15) is 0 Å². The van der Waals surface area contributed by atoms with Crippen LogP contribution in [0.4, 0.5) is 11.4 Å². The van der Waals surface area contributed by atoms with Crippen LogP contribution in [-0.4, -0.2) is 0 Å². The summed E-state index contributed by atoms with van der Waals surface area (Å²) in [5.74, 6) is 0. The van der Waals surface area contributed by atoms with Crippen molar-refractivity contribution in [2.75, 3.05) is 11.5 Å². The van der Waals surface area contributed by atoms with Gasteiger partial charge in [-0.15, -0.1) is 0 Å². The molecule has 0 atom stereocenters. The molecule has 4 rings (SSSR count). The highest BCUT2D eigenvalue weighted by Gasteiger charge is 2.08. The largest absolute Gasteiger partial charge is 0.398 e. The van der Waals surface area contributed by atoms with E-state index >= 15 is 0 Å². The topological polar surface area (TPSA) is 52.0 Å². The first-order valence-corrected chi connectivity index (χ1v) is 8.62. The average Bonchev–Trinajstić information content (AvgIpc) is 2.69. The molecule has 0 radical (unpaired) electrons. The normalized spacial score (nSPS) is 10.6. The zero-order chi connectivity index (χ0) is 17.9. The predicted molar refractivity (Wildman–Crippen MR) is 112 cm³/mol. The van der Waals surface area contributed by atoms with Crippen molar-refractivity contribution in [1.82, 2.24) is 0 Å². The molecule has 0 aliphatic heterocycles. The van der Waals surface area contributed by atoms with Crippen molar-refractivity contribution >= 4 is 11.4 Å². The Morgan fingerprint density at radius 1 is 0.385 bits per heavy atom. The summed E-state index contributed by atoms with van der Waals surface area (Å²) < 4.78 is 0. The SMILES string of the molecule is Nc1cc(-c2ccccc2)ccc1-c1ccc(-c2ccccc2)c(N)c1. The zero-order valence-electron chi connectivity index (χ0n) is 14.4.